The van der Waals surface area contributed by atoms with Crippen molar-refractivity contribution in [3.05, 3.63) is 23.3 Å². The Bertz CT molecular complexity index is 963. The third-order valence-electron chi connectivity index (χ3n) is 10.1. The van der Waals surface area contributed by atoms with Crippen LogP contribution in [0.4, 0.5) is 0 Å². The minimum atomic E-state index is -1.89. The zero-order valence-electron chi connectivity index (χ0n) is 21.5. The number of ketones is 1. The van der Waals surface area contributed by atoms with Crippen molar-refractivity contribution >= 4 is 5.78 Å². The fraction of sp³-hybridized carbons (Fsp3) is 0.815. The van der Waals surface area contributed by atoms with Crippen molar-refractivity contribution < 1.29 is 40.5 Å². The number of carbonyl (C=O) groups is 1. The highest BCUT2D eigenvalue weighted by Crippen LogP contribution is 2.67. The van der Waals surface area contributed by atoms with Gasteiger partial charge >= 0.3 is 0 Å². The molecule has 2 saturated carbocycles. The van der Waals surface area contributed by atoms with Crippen LogP contribution in [0.25, 0.3) is 0 Å². The highest BCUT2D eigenvalue weighted by molar-refractivity contribution is 6.02. The van der Waals surface area contributed by atoms with E-state index in [2.05, 4.69) is 0 Å². The second-order valence-electron chi connectivity index (χ2n) is 12.9. The first-order valence-electron chi connectivity index (χ1n) is 12.7. The Morgan fingerprint density at radius 2 is 1.63 bits per heavy atom. The molecule has 8 nitrogen and oxygen atoms in total. The van der Waals surface area contributed by atoms with E-state index in [0.29, 0.717) is 30.4 Å². The number of fused-ring (bicyclic) bond motifs is 5. The van der Waals surface area contributed by atoms with E-state index in [1.165, 1.54) is 6.08 Å². The molecule has 0 aliphatic heterocycles. The molecule has 0 heterocycles. The Morgan fingerprint density at radius 1 is 1.03 bits per heavy atom. The molecule has 0 amide bonds. The number of aliphatic hydroxyl groups is 7. The van der Waals surface area contributed by atoms with Crippen molar-refractivity contribution in [1.82, 2.24) is 0 Å². The maximum Gasteiger partial charge on any atom is 0.188 e. The summed E-state index contributed by atoms with van der Waals surface area (Å²) in [6.07, 6.45) is 0.914. The van der Waals surface area contributed by atoms with E-state index < -0.39 is 63.2 Å². The van der Waals surface area contributed by atoms with E-state index in [9.17, 15) is 40.5 Å². The van der Waals surface area contributed by atoms with Crippen LogP contribution in [0.1, 0.15) is 79.6 Å². The largest absolute Gasteiger partial charge is 0.390 e. The van der Waals surface area contributed by atoms with Crippen LogP contribution < -0.4 is 0 Å². The van der Waals surface area contributed by atoms with Gasteiger partial charge in [-0.2, -0.15) is 0 Å². The molecule has 2 fully saturated rings. The summed E-state index contributed by atoms with van der Waals surface area (Å²) in [5.74, 6) is -1.10. The van der Waals surface area contributed by atoms with Crippen molar-refractivity contribution in [3.63, 3.8) is 0 Å². The third-order valence-corrected chi connectivity index (χ3v) is 10.1. The van der Waals surface area contributed by atoms with Crippen LogP contribution in [0.3, 0.4) is 0 Å². The molecule has 4 aliphatic carbocycles. The normalized spacial score (nSPS) is 46.1. The van der Waals surface area contributed by atoms with Crippen molar-refractivity contribution in [1.29, 1.82) is 0 Å². The van der Waals surface area contributed by atoms with Crippen LogP contribution in [0.5, 0.6) is 0 Å². The number of aliphatic hydroxyl groups excluding tert-OH is 3. The molecule has 198 valence electrons. The van der Waals surface area contributed by atoms with Crippen LogP contribution in [0.2, 0.25) is 0 Å². The lowest BCUT2D eigenvalue weighted by molar-refractivity contribution is -0.180. The molecule has 0 saturated heterocycles. The first kappa shape index (κ1) is 26.9. The second kappa shape index (κ2) is 7.93. The van der Waals surface area contributed by atoms with E-state index in [4.69, 9.17) is 0 Å². The molecule has 4 aliphatic rings. The quantitative estimate of drug-likeness (QED) is 0.297. The highest BCUT2D eigenvalue weighted by Gasteiger charge is 2.69. The van der Waals surface area contributed by atoms with E-state index in [-0.39, 0.29) is 25.7 Å². The molecule has 7 N–H and O–H groups in total. The summed E-state index contributed by atoms with van der Waals surface area (Å²) >= 11 is 0. The lowest BCUT2D eigenvalue weighted by atomic mass is 9.48. The Hall–Kier alpha value is -1.13. The van der Waals surface area contributed by atoms with E-state index in [1.807, 2.05) is 13.0 Å². The first-order valence-corrected chi connectivity index (χ1v) is 12.7. The average Bonchev–Trinajstić information content (AvgIpc) is 3.01. The molecule has 35 heavy (non-hydrogen) atoms. The van der Waals surface area contributed by atoms with Gasteiger partial charge in [0.15, 0.2) is 5.78 Å². The lowest BCUT2D eigenvalue weighted by Crippen LogP contribution is -2.66. The van der Waals surface area contributed by atoms with Gasteiger partial charge in [0.05, 0.1) is 35.1 Å². The van der Waals surface area contributed by atoms with Crippen LogP contribution in [0.15, 0.2) is 23.3 Å². The van der Waals surface area contributed by atoms with Gasteiger partial charge in [0.25, 0.3) is 0 Å². The van der Waals surface area contributed by atoms with Gasteiger partial charge in [0, 0.05) is 17.3 Å². The summed E-state index contributed by atoms with van der Waals surface area (Å²) in [5, 5.41) is 76.8. The minimum Gasteiger partial charge on any atom is -0.390 e. The predicted octanol–water partition coefficient (Wildman–Crippen LogP) is 0.889. The van der Waals surface area contributed by atoms with Gasteiger partial charge in [-0.05, 0) is 82.4 Å². The summed E-state index contributed by atoms with van der Waals surface area (Å²) in [6.45, 7) is 8.43. The smallest absolute Gasteiger partial charge is 0.188 e. The summed E-state index contributed by atoms with van der Waals surface area (Å²) < 4.78 is 0. The summed E-state index contributed by atoms with van der Waals surface area (Å²) in [6, 6.07) is 0. The number of hydrogen-bond acceptors (Lipinski definition) is 8. The monoisotopic (exact) mass is 494 g/mol. The van der Waals surface area contributed by atoms with Gasteiger partial charge < -0.3 is 35.7 Å². The van der Waals surface area contributed by atoms with Crippen molar-refractivity contribution in [3.8, 4) is 0 Å². The van der Waals surface area contributed by atoms with Gasteiger partial charge in [-0.3, -0.25) is 4.79 Å². The zero-order chi connectivity index (χ0) is 26.4. The topological polar surface area (TPSA) is 159 Å². The zero-order valence-corrected chi connectivity index (χ0v) is 21.5. The third kappa shape index (κ3) is 3.63. The molecule has 0 spiro atoms. The van der Waals surface area contributed by atoms with Gasteiger partial charge in [0.1, 0.15) is 5.60 Å². The molecule has 0 aromatic rings. The predicted molar refractivity (Wildman–Crippen MR) is 128 cm³/mol. The fourth-order valence-corrected chi connectivity index (χ4v) is 7.66. The fourth-order valence-electron chi connectivity index (χ4n) is 7.66. The molecule has 8 heteroatoms. The lowest BCUT2D eigenvalue weighted by Gasteiger charge is -2.59. The molecule has 0 unspecified atom stereocenters. The van der Waals surface area contributed by atoms with Gasteiger partial charge in [0.2, 0.25) is 0 Å². The van der Waals surface area contributed by atoms with Crippen LogP contribution in [-0.2, 0) is 4.79 Å². The van der Waals surface area contributed by atoms with Gasteiger partial charge in [-0.15, -0.1) is 0 Å². The summed E-state index contributed by atoms with van der Waals surface area (Å²) in [4.78, 5) is 13.3. The van der Waals surface area contributed by atoms with Gasteiger partial charge in [-0.25, -0.2) is 0 Å². The Labute approximate surface area is 207 Å². The molecule has 9 atom stereocenters. The number of carbonyl (C=O) groups excluding carboxylic acids is 1. The summed E-state index contributed by atoms with van der Waals surface area (Å²) in [5.41, 5.74) is -6.99. The number of allylic oxidation sites excluding steroid dienone is 1. The molecule has 4 rings (SSSR count). The Balaban J connectivity index is 1.73. The number of hydrogen-bond donors (Lipinski definition) is 7. The summed E-state index contributed by atoms with van der Waals surface area (Å²) in [7, 11) is 0. The highest BCUT2D eigenvalue weighted by atomic mass is 16.3. The Morgan fingerprint density at radius 3 is 2.23 bits per heavy atom. The standard InChI is InChI=1S/C27H42O8/c1-22(2,32)9-8-20(30)25(5,33)19-7-11-26(34)16-12-21(31)27(35)14-18(29)17(28)13-24(27,4)15(16)6-10-23(19,26)3/h6,12,17-20,28-30,32-35H,7-11,13-14H2,1-5H3/t17-,18+,19-,20-,23+,24+,25+,26+,27+/m0/s1. The Kier molecular flexibility index (Phi) is 6.10. The van der Waals surface area contributed by atoms with Gasteiger partial charge in [-0.1, -0.05) is 19.9 Å². The average molecular weight is 495 g/mol. The molecule has 0 aromatic heterocycles. The van der Waals surface area contributed by atoms with Crippen LogP contribution in [0, 0.1) is 16.7 Å². The molecular formula is C27H42O8. The molecule has 0 bridgehead atoms. The van der Waals surface area contributed by atoms with Crippen LogP contribution >= 0.6 is 0 Å². The van der Waals surface area contributed by atoms with E-state index >= 15 is 0 Å². The van der Waals surface area contributed by atoms with Crippen molar-refractivity contribution in [2.75, 3.05) is 0 Å². The molecular weight excluding hydrogens is 452 g/mol. The maximum absolute atomic E-state index is 13.3. The van der Waals surface area contributed by atoms with E-state index in [0.717, 1.165) is 0 Å². The molecule has 0 radical (unpaired) electrons. The SMILES string of the molecule is CC(C)(O)CC[C@H](O)[C@](C)(O)[C@H]1CC[C@@]2(O)C3=CC(=O)[C@]4(O)C[C@@H](O)[C@@H](O)C[C@]4(C)C3=CC[C@]12C. The minimum absolute atomic E-state index is 0.0246. The number of rotatable bonds is 5. The second-order valence-corrected chi connectivity index (χ2v) is 12.9. The van der Waals surface area contributed by atoms with E-state index in [1.54, 1.807) is 27.7 Å². The molecule has 0 aromatic carbocycles. The van der Waals surface area contributed by atoms with Crippen LogP contribution in [-0.4, -0.2) is 82.2 Å². The first-order chi connectivity index (χ1) is 15.8. The van der Waals surface area contributed by atoms with Crippen molar-refractivity contribution in [2.45, 2.75) is 120 Å². The van der Waals surface area contributed by atoms with Crippen molar-refractivity contribution in [2.24, 2.45) is 16.7 Å². The maximum atomic E-state index is 13.3.